The second-order valence-electron chi connectivity index (χ2n) is 14.5. The first kappa shape index (κ1) is 41.7. The number of hydrogen-bond acceptors (Lipinski definition) is 11. The molecule has 2 aliphatic heterocycles. The van der Waals surface area contributed by atoms with Crippen LogP contribution in [0.5, 0.6) is 0 Å². The predicted molar refractivity (Wildman–Crippen MR) is 215 cm³/mol. The highest BCUT2D eigenvalue weighted by molar-refractivity contribution is 6.07. The number of benzene rings is 3. The van der Waals surface area contributed by atoms with Crippen molar-refractivity contribution in [3.63, 3.8) is 0 Å². The number of carbonyl (C=O) groups excluding carboxylic acids is 6. The van der Waals surface area contributed by atoms with Crippen molar-refractivity contribution in [3.05, 3.63) is 119 Å². The van der Waals surface area contributed by atoms with E-state index >= 15 is 0 Å². The third-order valence-corrected chi connectivity index (χ3v) is 10.4. The molecule has 5 aromatic rings. The number of fused-ring (bicyclic) bond motifs is 1. The van der Waals surface area contributed by atoms with E-state index in [1.54, 1.807) is 61.8 Å². The molecule has 17 nitrogen and oxygen atoms in total. The van der Waals surface area contributed by atoms with Crippen LogP contribution in [0.4, 0.5) is 20.2 Å². The quantitative estimate of drug-likeness (QED) is 0.106. The average molecular weight is 834 g/mol. The fraction of sp³-hybridized carbons (Fsp3) is 0.286. The zero-order valence-electron chi connectivity index (χ0n) is 33.0. The van der Waals surface area contributed by atoms with Gasteiger partial charge in [0, 0.05) is 92.3 Å². The summed E-state index contributed by atoms with van der Waals surface area (Å²) in [5.74, 6) is -2.94. The van der Waals surface area contributed by atoms with E-state index in [0.29, 0.717) is 59.4 Å². The van der Waals surface area contributed by atoms with Crippen LogP contribution >= 0.6 is 0 Å². The van der Waals surface area contributed by atoms with Gasteiger partial charge in [-0.2, -0.15) is 0 Å². The van der Waals surface area contributed by atoms with Gasteiger partial charge in [0.05, 0.1) is 6.54 Å². The predicted octanol–water partition coefficient (Wildman–Crippen LogP) is 3.58. The maximum absolute atomic E-state index is 14.1. The largest absolute Gasteiger partial charge is 0.378 e. The van der Waals surface area contributed by atoms with Crippen molar-refractivity contribution in [2.24, 2.45) is 0 Å². The minimum absolute atomic E-state index is 0.0657. The van der Waals surface area contributed by atoms with Crippen LogP contribution < -0.4 is 21.3 Å². The first-order chi connectivity index (χ1) is 29.5. The van der Waals surface area contributed by atoms with Crippen LogP contribution in [0.1, 0.15) is 69.8 Å². The van der Waals surface area contributed by atoms with Crippen molar-refractivity contribution in [1.29, 1.82) is 0 Å². The molecule has 0 spiro atoms. The number of rotatable bonds is 16. The minimum atomic E-state index is -0.790. The lowest BCUT2D eigenvalue weighted by molar-refractivity contribution is -0.137. The van der Waals surface area contributed by atoms with Gasteiger partial charge in [-0.15, -0.1) is 10.2 Å². The first-order valence-electron chi connectivity index (χ1n) is 19.5. The van der Waals surface area contributed by atoms with Crippen LogP contribution in [0.3, 0.4) is 0 Å². The Labute approximate surface area is 348 Å². The van der Waals surface area contributed by atoms with Crippen molar-refractivity contribution in [1.82, 2.24) is 45.2 Å². The Balaban J connectivity index is 0.920. The lowest BCUT2D eigenvalue weighted by atomic mass is 10.0. The first-order valence-corrected chi connectivity index (χ1v) is 19.5. The normalized spacial score (nSPS) is 14.6. The Morgan fingerprint density at radius 3 is 2.51 bits per heavy atom. The Bertz CT molecular complexity index is 2480. The maximum atomic E-state index is 14.1. The molecule has 1 saturated heterocycles. The van der Waals surface area contributed by atoms with Gasteiger partial charge >= 0.3 is 0 Å². The van der Waals surface area contributed by atoms with Gasteiger partial charge in [0.15, 0.2) is 11.6 Å². The molecule has 3 aromatic carbocycles. The lowest BCUT2D eigenvalue weighted by Gasteiger charge is -2.29. The maximum Gasteiger partial charge on any atom is 0.255 e. The SMILES string of the molecule is CN(CCCn1c(CNc2cccc(C(=O)NCc3c(F)cccc3F)c2)nnc1-c1ccncn1)C(=O)CCC(=O)Nc1cccc2c1CN(C1CCC(=O)NC1=O)C2=O. The van der Waals surface area contributed by atoms with Gasteiger partial charge in [-0.25, -0.2) is 18.7 Å². The molecular formula is C42H41F2N11O6. The third kappa shape index (κ3) is 9.72. The molecule has 1 unspecified atom stereocenters. The van der Waals surface area contributed by atoms with E-state index in [1.165, 1.54) is 22.2 Å². The summed E-state index contributed by atoms with van der Waals surface area (Å²) in [7, 11) is 1.65. The van der Waals surface area contributed by atoms with Gasteiger partial charge in [0.2, 0.25) is 23.6 Å². The highest BCUT2D eigenvalue weighted by Gasteiger charge is 2.40. The molecule has 7 rings (SSSR count). The highest BCUT2D eigenvalue weighted by atomic mass is 19.1. The molecule has 4 heterocycles. The zero-order valence-corrected chi connectivity index (χ0v) is 33.0. The Hall–Kier alpha value is -7.44. The average Bonchev–Trinajstić information content (AvgIpc) is 3.82. The molecule has 2 aromatic heterocycles. The highest BCUT2D eigenvalue weighted by Crippen LogP contribution is 2.32. The van der Waals surface area contributed by atoms with Gasteiger partial charge < -0.3 is 30.3 Å². The standard InChI is InChI=1S/C42H41F2N11O6/c1-53(38(58)15-14-36(56)49-32-11-3-8-27-29(32)23-55(42(27)61)34-12-13-37(57)50-41(34)60)18-5-19-54-35(51-52-39(54)33-16-17-45-24-48-33)22-46-26-7-2-6-25(20-26)40(59)47-21-28-30(43)9-4-10-31(28)44/h2-4,6-11,16-17,20,24,34,46H,5,12-15,18-19,21-23H2,1H3,(H,47,59)(H,49,56)(H,50,57,60). The summed E-state index contributed by atoms with van der Waals surface area (Å²) in [6.07, 6.45) is 3.64. The summed E-state index contributed by atoms with van der Waals surface area (Å²) in [5.41, 5.74) is 2.49. The number of imide groups is 1. The fourth-order valence-electron chi connectivity index (χ4n) is 7.15. The van der Waals surface area contributed by atoms with Crippen LogP contribution in [-0.2, 0) is 45.4 Å². The Kier molecular flexibility index (Phi) is 12.8. The monoisotopic (exact) mass is 833 g/mol. The van der Waals surface area contributed by atoms with Crippen LogP contribution in [0.25, 0.3) is 11.5 Å². The smallest absolute Gasteiger partial charge is 0.255 e. The summed E-state index contributed by atoms with van der Waals surface area (Å²) in [5, 5.41) is 19.6. The van der Waals surface area contributed by atoms with Gasteiger partial charge in [-0.3, -0.25) is 34.1 Å². The van der Waals surface area contributed by atoms with E-state index in [4.69, 9.17) is 0 Å². The fourth-order valence-corrected chi connectivity index (χ4v) is 7.15. The Morgan fingerprint density at radius 1 is 0.951 bits per heavy atom. The molecule has 61 heavy (non-hydrogen) atoms. The summed E-state index contributed by atoms with van der Waals surface area (Å²) in [6.45, 7) is 0.700. The van der Waals surface area contributed by atoms with Crippen molar-refractivity contribution in [3.8, 4) is 11.5 Å². The molecule has 1 fully saturated rings. The van der Waals surface area contributed by atoms with Crippen molar-refractivity contribution >= 4 is 46.8 Å². The zero-order chi connectivity index (χ0) is 43.0. The van der Waals surface area contributed by atoms with Crippen molar-refractivity contribution < 1.29 is 37.5 Å². The van der Waals surface area contributed by atoms with Crippen molar-refractivity contribution in [2.75, 3.05) is 24.2 Å². The summed E-state index contributed by atoms with van der Waals surface area (Å²) in [4.78, 5) is 87.5. The van der Waals surface area contributed by atoms with Crippen LogP contribution in [0.15, 0.2) is 79.3 Å². The lowest BCUT2D eigenvalue weighted by Crippen LogP contribution is -2.52. The van der Waals surface area contributed by atoms with Gasteiger partial charge in [-0.1, -0.05) is 18.2 Å². The number of anilines is 2. The molecule has 0 aliphatic carbocycles. The number of aromatic nitrogens is 5. The summed E-state index contributed by atoms with van der Waals surface area (Å²) < 4.78 is 30.0. The van der Waals surface area contributed by atoms with Gasteiger partial charge in [-0.05, 0) is 61.4 Å². The molecule has 4 N–H and O–H groups in total. The Morgan fingerprint density at radius 2 is 1.74 bits per heavy atom. The summed E-state index contributed by atoms with van der Waals surface area (Å²) in [6, 6.07) is 15.9. The molecule has 2 aliphatic rings. The molecule has 19 heteroatoms. The molecule has 6 amide bonds. The second kappa shape index (κ2) is 18.6. The third-order valence-electron chi connectivity index (χ3n) is 10.4. The number of hydrogen-bond donors (Lipinski definition) is 4. The van der Waals surface area contributed by atoms with Crippen LogP contribution in [0.2, 0.25) is 0 Å². The molecule has 1 atom stereocenters. The van der Waals surface area contributed by atoms with Gasteiger partial charge in [0.1, 0.15) is 29.7 Å². The molecule has 314 valence electrons. The number of halogens is 2. The van der Waals surface area contributed by atoms with Crippen LogP contribution in [0, 0.1) is 11.6 Å². The van der Waals surface area contributed by atoms with E-state index < -0.39 is 35.4 Å². The van der Waals surface area contributed by atoms with Gasteiger partial charge in [0.25, 0.3) is 11.8 Å². The van der Waals surface area contributed by atoms with E-state index in [-0.39, 0.29) is 74.2 Å². The second-order valence-corrected chi connectivity index (χ2v) is 14.5. The molecular weight excluding hydrogens is 793 g/mol. The number of piperidine rings is 1. The van der Waals surface area contributed by atoms with E-state index in [0.717, 1.165) is 12.1 Å². The number of carbonyl (C=O) groups is 6. The molecule has 0 bridgehead atoms. The summed E-state index contributed by atoms with van der Waals surface area (Å²) >= 11 is 0. The molecule has 0 radical (unpaired) electrons. The topological polar surface area (TPSA) is 214 Å². The van der Waals surface area contributed by atoms with Crippen molar-refractivity contribution in [2.45, 2.75) is 64.3 Å². The number of nitrogens with zero attached hydrogens (tertiary/aromatic N) is 7. The minimum Gasteiger partial charge on any atom is -0.378 e. The van der Waals surface area contributed by atoms with E-state index in [2.05, 4.69) is 41.4 Å². The van der Waals surface area contributed by atoms with E-state index in [9.17, 15) is 37.5 Å². The molecule has 0 saturated carbocycles. The number of nitrogens with one attached hydrogen (secondary N) is 4. The van der Waals surface area contributed by atoms with Crippen LogP contribution in [-0.4, -0.2) is 89.6 Å². The number of amides is 6. The van der Waals surface area contributed by atoms with E-state index in [1.807, 2.05) is 4.57 Å².